The average Bonchev–Trinajstić information content (AvgIpc) is 2.83. The molecule has 2 aromatic carbocycles. The fraction of sp³-hybridized carbons (Fsp3) is 0.263. The first kappa shape index (κ1) is 17.0. The Morgan fingerprint density at radius 3 is 2.76 bits per heavy atom. The maximum absolute atomic E-state index is 14.0. The number of ether oxygens (including phenoxy) is 1. The summed E-state index contributed by atoms with van der Waals surface area (Å²) in [6.07, 6.45) is 0.483. The second kappa shape index (κ2) is 7.34. The van der Waals surface area contributed by atoms with Gasteiger partial charge in [0.1, 0.15) is 18.2 Å². The van der Waals surface area contributed by atoms with Crippen molar-refractivity contribution in [1.82, 2.24) is 4.90 Å². The highest BCUT2D eigenvalue weighted by Crippen LogP contribution is 2.26. The van der Waals surface area contributed by atoms with Crippen molar-refractivity contribution in [3.8, 4) is 5.75 Å². The molecule has 1 aliphatic rings. The monoisotopic (exact) mass is 343 g/mol. The minimum atomic E-state index is -1.01. The molecule has 25 heavy (non-hydrogen) atoms. The first-order valence-electron chi connectivity index (χ1n) is 8.05. The van der Waals surface area contributed by atoms with Crippen LogP contribution in [0.1, 0.15) is 27.9 Å². The molecule has 0 unspecified atom stereocenters. The maximum atomic E-state index is 14.0. The lowest BCUT2D eigenvalue weighted by atomic mass is 10.0. The van der Waals surface area contributed by atoms with Gasteiger partial charge in [-0.25, -0.2) is 9.18 Å². The summed E-state index contributed by atoms with van der Waals surface area (Å²) in [6.45, 7) is 0.822. The Labute approximate surface area is 144 Å². The molecule has 6 heteroatoms. The number of carboxylic acid groups (broad SMARTS) is 1. The van der Waals surface area contributed by atoms with Gasteiger partial charge in [0.2, 0.25) is 5.91 Å². The Morgan fingerprint density at radius 1 is 1.16 bits per heavy atom. The van der Waals surface area contributed by atoms with E-state index in [2.05, 4.69) is 0 Å². The Hall–Kier alpha value is -2.89. The number of aromatic carboxylic acids is 1. The topological polar surface area (TPSA) is 66.8 Å². The summed E-state index contributed by atoms with van der Waals surface area (Å²) < 4.78 is 19.5. The normalized spacial score (nSPS) is 13.6. The van der Waals surface area contributed by atoms with Gasteiger partial charge in [-0.15, -0.1) is 0 Å². The Balaban J connectivity index is 1.70. The number of carboxylic acids is 1. The summed E-state index contributed by atoms with van der Waals surface area (Å²) in [7, 11) is 0. The number of hydrogen-bond donors (Lipinski definition) is 1. The summed E-state index contributed by atoms with van der Waals surface area (Å²) in [4.78, 5) is 25.3. The molecule has 1 N–H and O–H groups in total. The molecule has 1 heterocycles. The van der Waals surface area contributed by atoms with Crippen LogP contribution in [0.4, 0.5) is 4.39 Å². The van der Waals surface area contributed by atoms with Gasteiger partial charge >= 0.3 is 5.97 Å². The highest BCUT2D eigenvalue weighted by atomic mass is 19.1. The lowest BCUT2D eigenvalue weighted by molar-refractivity contribution is -0.131. The zero-order chi connectivity index (χ0) is 17.8. The molecule has 0 saturated heterocycles. The van der Waals surface area contributed by atoms with Crippen LogP contribution in [0, 0.1) is 5.82 Å². The van der Waals surface area contributed by atoms with Gasteiger partial charge in [-0.1, -0.05) is 24.3 Å². The molecule has 0 aliphatic carbocycles. The van der Waals surface area contributed by atoms with Crippen LogP contribution in [0.5, 0.6) is 5.75 Å². The van der Waals surface area contributed by atoms with Gasteiger partial charge in [-0.3, -0.25) is 4.79 Å². The van der Waals surface area contributed by atoms with E-state index in [1.165, 1.54) is 12.1 Å². The predicted octanol–water partition coefficient (Wildman–Crippen LogP) is 2.88. The Morgan fingerprint density at radius 2 is 1.96 bits per heavy atom. The quantitative estimate of drug-likeness (QED) is 0.927. The van der Waals surface area contributed by atoms with Crippen LogP contribution >= 0.6 is 0 Å². The molecule has 0 atom stereocenters. The molecule has 1 aliphatic heterocycles. The van der Waals surface area contributed by atoms with Crippen molar-refractivity contribution < 1.29 is 23.8 Å². The lowest BCUT2D eigenvalue weighted by Crippen LogP contribution is -2.32. The average molecular weight is 343 g/mol. The fourth-order valence-corrected chi connectivity index (χ4v) is 2.92. The van der Waals surface area contributed by atoms with Crippen LogP contribution in [0.2, 0.25) is 0 Å². The molecule has 0 fully saturated rings. The summed E-state index contributed by atoms with van der Waals surface area (Å²) in [5, 5.41) is 9.20. The van der Waals surface area contributed by atoms with Crippen molar-refractivity contribution in [2.24, 2.45) is 0 Å². The Kier molecular flexibility index (Phi) is 4.97. The van der Waals surface area contributed by atoms with Gasteiger partial charge in [-0.05, 0) is 30.2 Å². The molecule has 0 aromatic heterocycles. The highest BCUT2D eigenvalue weighted by molar-refractivity contribution is 5.89. The van der Waals surface area contributed by atoms with Crippen LogP contribution in [-0.2, 0) is 17.8 Å². The van der Waals surface area contributed by atoms with Gasteiger partial charge in [0.05, 0.1) is 18.7 Å². The first-order valence-corrected chi connectivity index (χ1v) is 8.05. The lowest BCUT2D eigenvalue weighted by Gasteiger charge is -2.20. The van der Waals surface area contributed by atoms with Crippen molar-refractivity contribution in [2.75, 3.05) is 13.2 Å². The molecule has 0 bridgehead atoms. The van der Waals surface area contributed by atoms with Crippen molar-refractivity contribution in [1.29, 1.82) is 0 Å². The van der Waals surface area contributed by atoms with Gasteiger partial charge in [0, 0.05) is 12.0 Å². The largest absolute Gasteiger partial charge is 0.491 e. The van der Waals surface area contributed by atoms with E-state index >= 15 is 0 Å². The van der Waals surface area contributed by atoms with Crippen LogP contribution in [0.3, 0.4) is 0 Å². The van der Waals surface area contributed by atoms with E-state index in [1.54, 1.807) is 35.2 Å². The minimum Gasteiger partial charge on any atom is -0.491 e. The van der Waals surface area contributed by atoms with Crippen LogP contribution in [0.25, 0.3) is 0 Å². The number of halogens is 1. The molecule has 3 rings (SSSR count). The zero-order valence-electron chi connectivity index (χ0n) is 13.6. The molecule has 1 amide bonds. The molecule has 0 saturated carbocycles. The van der Waals surface area contributed by atoms with E-state index in [4.69, 9.17) is 4.74 Å². The number of carbonyl (C=O) groups is 2. The number of nitrogens with zero attached hydrogens (tertiary/aromatic N) is 1. The molecule has 0 radical (unpaired) electrons. The second-order valence-corrected chi connectivity index (χ2v) is 5.84. The molecule has 130 valence electrons. The third-order valence-corrected chi connectivity index (χ3v) is 4.25. The fourth-order valence-electron chi connectivity index (χ4n) is 2.92. The van der Waals surface area contributed by atoms with Crippen LogP contribution in [-0.4, -0.2) is 35.0 Å². The molecular weight excluding hydrogens is 325 g/mol. The molecule has 0 spiro atoms. The standard InChI is InChI=1S/C19H18FNO4/c20-16-6-3-7-17-15(16)12-21(10-11-25-17)18(22)9-8-13-4-1-2-5-14(13)19(23)24/h1-7H,8-12H2,(H,23,24). The maximum Gasteiger partial charge on any atom is 0.335 e. The van der Waals surface area contributed by atoms with Crippen LogP contribution < -0.4 is 4.74 Å². The SMILES string of the molecule is O=C(O)c1ccccc1CCC(=O)N1CCOc2cccc(F)c2C1. The summed E-state index contributed by atoms with van der Waals surface area (Å²) in [5.41, 5.74) is 1.19. The second-order valence-electron chi connectivity index (χ2n) is 5.84. The number of fused-ring (bicyclic) bond motifs is 1. The van der Waals surface area contributed by atoms with E-state index in [-0.39, 0.29) is 24.4 Å². The number of carbonyl (C=O) groups excluding carboxylic acids is 1. The number of amides is 1. The van der Waals surface area contributed by atoms with Gasteiger partial charge in [-0.2, -0.15) is 0 Å². The van der Waals surface area contributed by atoms with Gasteiger partial charge < -0.3 is 14.7 Å². The van der Waals surface area contributed by atoms with Gasteiger partial charge in [0.15, 0.2) is 0 Å². The smallest absolute Gasteiger partial charge is 0.335 e. The molecule has 5 nitrogen and oxygen atoms in total. The van der Waals surface area contributed by atoms with Crippen molar-refractivity contribution >= 4 is 11.9 Å². The van der Waals surface area contributed by atoms with Crippen molar-refractivity contribution in [3.05, 3.63) is 65.0 Å². The number of rotatable bonds is 4. The molecule has 2 aromatic rings. The highest BCUT2D eigenvalue weighted by Gasteiger charge is 2.22. The van der Waals surface area contributed by atoms with E-state index in [0.717, 1.165) is 0 Å². The van der Waals surface area contributed by atoms with Crippen LogP contribution in [0.15, 0.2) is 42.5 Å². The predicted molar refractivity (Wildman–Crippen MR) is 89.0 cm³/mol. The number of hydrogen-bond acceptors (Lipinski definition) is 3. The van der Waals surface area contributed by atoms with Crippen molar-refractivity contribution in [3.63, 3.8) is 0 Å². The first-order chi connectivity index (χ1) is 12.1. The zero-order valence-corrected chi connectivity index (χ0v) is 13.6. The van der Waals surface area contributed by atoms with E-state index in [1.807, 2.05) is 0 Å². The summed E-state index contributed by atoms with van der Waals surface area (Å²) >= 11 is 0. The van der Waals surface area contributed by atoms with E-state index < -0.39 is 11.8 Å². The summed E-state index contributed by atoms with van der Waals surface area (Å²) in [5.74, 6) is -1.10. The number of aryl methyl sites for hydroxylation is 1. The molecular formula is C19H18FNO4. The summed E-state index contributed by atoms with van der Waals surface area (Å²) in [6, 6.07) is 11.2. The third-order valence-electron chi connectivity index (χ3n) is 4.25. The Bertz CT molecular complexity index is 806. The van der Waals surface area contributed by atoms with E-state index in [0.29, 0.717) is 36.4 Å². The number of benzene rings is 2. The third kappa shape index (κ3) is 3.79. The minimum absolute atomic E-state index is 0.153. The van der Waals surface area contributed by atoms with Crippen molar-refractivity contribution in [2.45, 2.75) is 19.4 Å². The van der Waals surface area contributed by atoms with Gasteiger partial charge in [0.25, 0.3) is 0 Å². The van der Waals surface area contributed by atoms with E-state index in [9.17, 15) is 19.1 Å².